The Morgan fingerprint density at radius 1 is 1.11 bits per heavy atom. The first-order chi connectivity index (χ1) is 8.51. The van der Waals surface area contributed by atoms with Gasteiger partial charge in [-0.3, -0.25) is 0 Å². The van der Waals surface area contributed by atoms with E-state index in [1.807, 2.05) is 7.05 Å². The van der Waals surface area contributed by atoms with E-state index in [0.717, 1.165) is 13.0 Å². The first kappa shape index (κ1) is 13.3. The molecule has 2 rings (SSSR count). The molecule has 18 heavy (non-hydrogen) atoms. The molecule has 1 N–H and O–H groups in total. The van der Waals surface area contributed by atoms with Gasteiger partial charge < -0.3 is 10.0 Å². The molecule has 1 fully saturated rings. The lowest BCUT2D eigenvalue weighted by Gasteiger charge is -2.20. The van der Waals surface area contributed by atoms with E-state index in [9.17, 15) is 13.5 Å². The van der Waals surface area contributed by atoms with Gasteiger partial charge in [-0.15, -0.1) is 0 Å². The summed E-state index contributed by atoms with van der Waals surface area (Å²) in [6, 6.07) is 6.08. The van der Waals surface area contributed by atoms with Gasteiger partial charge in [-0.2, -0.15) is 4.31 Å². The number of phenolic OH excluding ortho intramolecular Hbond substituents is 1. The summed E-state index contributed by atoms with van der Waals surface area (Å²) in [5.41, 5.74) is 0. The van der Waals surface area contributed by atoms with E-state index in [2.05, 4.69) is 4.90 Å². The highest BCUT2D eigenvalue weighted by Gasteiger charge is 2.28. The van der Waals surface area contributed by atoms with Crippen molar-refractivity contribution in [2.45, 2.75) is 11.3 Å². The van der Waals surface area contributed by atoms with Gasteiger partial charge in [-0.05, 0) is 32.1 Å². The second-order valence-corrected chi connectivity index (χ2v) is 6.43. The van der Waals surface area contributed by atoms with Crippen LogP contribution in [0.4, 0.5) is 0 Å². The molecule has 1 heterocycles. The lowest BCUT2D eigenvalue weighted by Crippen LogP contribution is -2.34. The molecule has 1 aliphatic heterocycles. The van der Waals surface area contributed by atoms with Crippen molar-refractivity contribution < 1.29 is 13.5 Å². The quantitative estimate of drug-likeness (QED) is 0.860. The minimum atomic E-state index is -3.58. The molecule has 100 valence electrons. The Morgan fingerprint density at radius 2 is 1.83 bits per heavy atom. The van der Waals surface area contributed by atoms with Gasteiger partial charge in [0, 0.05) is 19.6 Å². The van der Waals surface area contributed by atoms with Gasteiger partial charge in [0.2, 0.25) is 10.0 Å². The second kappa shape index (κ2) is 5.26. The average Bonchev–Trinajstić information content (AvgIpc) is 2.54. The van der Waals surface area contributed by atoms with Crippen LogP contribution in [-0.4, -0.2) is 56.0 Å². The maximum absolute atomic E-state index is 12.4. The highest BCUT2D eigenvalue weighted by Crippen LogP contribution is 2.25. The summed E-state index contributed by atoms with van der Waals surface area (Å²) in [4.78, 5) is 2.11. The third-order valence-corrected chi connectivity index (χ3v) is 5.11. The van der Waals surface area contributed by atoms with Crippen LogP contribution in [0.1, 0.15) is 6.42 Å². The maximum atomic E-state index is 12.4. The molecule has 0 spiro atoms. The monoisotopic (exact) mass is 270 g/mol. The van der Waals surface area contributed by atoms with Crippen LogP contribution in [0, 0.1) is 0 Å². The first-order valence-corrected chi connectivity index (χ1v) is 7.42. The molecule has 0 saturated carbocycles. The third kappa shape index (κ3) is 2.66. The molecule has 0 atom stereocenters. The number of phenols is 1. The normalized spacial score (nSPS) is 19.6. The minimum Gasteiger partial charge on any atom is -0.507 e. The average molecular weight is 270 g/mol. The van der Waals surface area contributed by atoms with Crippen LogP contribution in [0.15, 0.2) is 29.2 Å². The summed E-state index contributed by atoms with van der Waals surface area (Å²) in [6.07, 6.45) is 0.809. The molecule has 0 radical (unpaired) electrons. The van der Waals surface area contributed by atoms with Crippen molar-refractivity contribution in [1.82, 2.24) is 9.21 Å². The summed E-state index contributed by atoms with van der Waals surface area (Å²) >= 11 is 0. The third-order valence-electron chi connectivity index (χ3n) is 3.16. The second-order valence-electron chi connectivity index (χ2n) is 4.53. The molecule has 1 aromatic rings. The highest BCUT2D eigenvalue weighted by molar-refractivity contribution is 7.89. The molecule has 0 aliphatic carbocycles. The SMILES string of the molecule is CN1CCCN(S(=O)(=O)c2ccccc2O)CC1. The van der Waals surface area contributed by atoms with Crippen molar-refractivity contribution in [3.8, 4) is 5.75 Å². The molecule has 0 aromatic heterocycles. The first-order valence-electron chi connectivity index (χ1n) is 5.98. The lowest BCUT2D eigenvalue weighted by atomic mass is 10.3. The minimum absolute atomic E-state index is 0.00504. The van der Waals surface area contributed by atoms with E-state index in [4.69, 9.17) is 0 Å². The Balaban J connectivity index is 2.28. The van der Waals surface area contributed by atoms with Crippen LogP contribution in [0.3, 0.4) is 0 Å². The fraction of sp³-hybridized carbons (Fsp3) is 0.500. The topological polar surface area (TPSA) is 60.9 Å². The number of benzene rings is 1. The molecule has 0 bridgehead atoms. The fourth-order valence-corrected chi connectivity index (χ4v) is 3.63. The van der Waals surface area contributed by atoms with Crippen molar-refractivity contribution in [3.63, 3.8) is 0 Å². The maximum Gasteiger partial charge on any atom is 0.246 e. The van der Waals surface area contributed by atoms with Gasteiger partial charge in [0.15, 0.2) is 0 Å². The van der Waals surface area contributed by atoms with E-state index in [-0.39, 0.29) is 10.6 Å². The van der Waals surface area contributed by atoms with Crippen molar-refractivity contribution in [2.75, 3.05) is 33.2 Å². The van der Waals surface area contributed by atoms with Crippen LogP contribution in [0.2, 0.25) is 0 Å². The van der Waals surface area contributed by atoms with Gasteiger partial charge in [-0.25, -0.2) is 8.42 Å². The molecule has 5 nitrogen and oxygen atoms in total. The molecule has 1 aromatic carbocycles. The van der Waals surface area contributed by atoms with Crippen LogP contribution >= 0.6 is 0 Å². The predicted molar refractivity (Wildman–Crippen MR) is 69.0 cm³/mol. The van der Waals surface area contributed by atoms with E-state index in [0.29, 0.717) is 19.6 Å². The number of hydrogen-bond donors (Lipinski definition) is 1. The molecular weight excluding hydrogens is 252 g/mol. The summed E-state index contributed by atoms with van der Waals surface area (Å²) in [5.74, 6) is -0.185. The molecule has 1 saturated heterocycles. The molecule has 0 unspecified atom stereocenters. The van der Waals surface area contributed by atoms with Crippen LogP contribution in [-0.2, 0) is 10.0 Å². The largest absolute Gasteiger partial charge is 0.507 e. The van der Waals surface area contributed by atoms with Crippen molar-refractivity contribution in [3.05, 3.63) is 24.3 Å². The summed E-state index contributed by atoms with van der Waals surface area (Å²) in [5, 5.41) is 9.68. The van der Waals surface area contributed by atoms with Gasteiger partial charge in [0.1, 0.15) is 10.6 Å². The summed E-state index contributed by atoms with van der Waals surface area (Å²) in [6.45, 7) is 2.58. The molecular formula is C12H18N2O3S. The van der Waals surface area contributed by atoms with Crippen LogP contribution in [0.5, 0.6) is 5.75 Å². The van der Waals surface area contributed by atoms with Crippen molar-refractivity contribution in [1.29, 1.82) is 0 Å². The van der Waals surface area contributed by atoms with E-state index in [1.54, 1.807) is 12.1 Å². The number of para-hydroxylation sites is 1. The van der Waals surface area contributed by atoms with Crippen molar-refractivity contribution >= 4 is 10.0 Å². The zero-order valence-corrected chi connectivity index (χ0v) is 11.2. The Morgan fingerprint density at radius 3 is 2.56 bits per heavy atom. The number of likely N-dealkylation sites (N-methyl/N-ethyl adjacent to an activating group) is 1. The molecule has 6 heteroatoms. The predicted octanol–water partition coefficient (Wildman–Crippen LogP) is 0.718. The fourth-order valence-electron chi connectivity index (χ4n) is 2.08. The van der Waals surface area contributed by atoms with Gasteiger partial charge in [-0.1, -0.05) is 12.1 Å². The Bertz CT molecular complexity index is 516. The van der Waals surface area contributed by atoms with E-state index >= 15 is 0 Å². The summed E-state index contributed by atoms with van der Waals surface area (Å²) < 4.78 is 26.3. The van der Waals surface area contributed by atoms with Gasteiger partial charge in [0.25, 0.3) is 0 Å². The number of nitrogens with zero attached hydrogens (tertiary/aromatic N) is 2. The van der Waals surface area contributed by atoms with Gasteiger partial charge in [0.05, 0.1) is 0 Å². The Kier molecular flexibility index (Phi) is 3.89. The standard InChI is InChI=1S/C12H18N2O3S/c1-13-7-4-8-14(10-9-13)18(16,17)12-6-3-2-5-11(12)15/h2-3,5-6,15H,4,7-10H2,1H3. The van der Waals surface area contributed by atoms with Gasteiger partial charge >= 0.3 is 0 Å². The zero-order chi connectivity index (χ0) is 13.2. The highest BCUT2D eigenvalue weighted by atomic mass is 32.2. The van der Waals surface area contributed by atoms with E-state index < -0.39 is 10.0 Å². The Hall–Kier alpha value is -1.11. The number of aromatic hydroxyl groups is 1. The number of sulfonamides is 1. The molecule has 0 amide bonds. The van der Waals surface area contributed by atoms with E-state index in [1.165, 1.54) is 16.4 Å². The number of rotatable bonds is 2. The lowest BCUT2D eigenvalue weighted by molar-refractivity contribution is 0.346. The molecule has 1 aliphatic rings. The van der Waals surface area contributed by atoms with Crippen molar-refractivity contribution in [2.24, 2.45) is 0 Å². The Labute approximate surface area is 108 Å². The van der Waals surface area contributed by atoms with Crippen LogP contribution in [0.25, 0.3) is 0 Å². The smallest absolute Gasteiger partial charge is 0.246 e. The number of hydrogen-bond acceptors (Lipinski definition) is 4. The zero-order valence-electron chi connectivity index (χ0n) is 10.4. The summed E-state index contributed by atoms with van der Waals surface area (Å²) in [7, 11) is -1.60. The van der Waals surface area contributed by atoms with Crippen LogP contribution < -0.4 is 0 Å².